The van der Waals surface area contributed by atoms with Gasteiger partial charge < -0.3 is 0 Å². The number of rotatable bonds is 0. The van der Waals surface area contributed by atoms with E-state index in [4.69, 9.17) is 0 Å². The number of hydrogen-bond donors (Lipinski definition) is 0. The summed E-state index contributed by atoms with van der Waals surface area (Å²) in [7, 11) is 0. The topological polar surface area (TPSA) is 34.1 Å². The number of Topliss-reactive ketones (excluding diaryl/α,β-unsaturated/α-hetero) is 1. The summed E-state index contributed by atoms with van der Waals surface area (Å²) in [6.07, 6.45) is 16.9. The molecule has 102 valence electrons. The van der Waals surface area contributed by atoms with E-state index in [-0.39, 0.29) is 11.6 Å². The van der Waals surface area contributed by atoms with Crippen molar-refractivity contribution >= 4 is 11.6 Å². The molecule has 0 saturated carbocycles. The lowest BCUT2D eigenvalue weighted by Gasteiger charge is -2.03. The first-order chi connectivity index (χ1) is 8.80. The van der Waals surface area contributed by atoms with E-state index in [0.717, 1.165) is 25.7 Å². The van der Waals surface area contributed by atoms with Crippen molar-refractivity contribution in [3.8, 4) is 0 Å². The van der Waals surface area contributed by atoms with Crippen LogP contribution in [0.15, 0.2) is 12.2 Å². The number of ketones is 2. The largest absolute Gasteiger partial charge is 0.291 e. The Morgan fingerprint density at radius 2 is 1.17 bits per heavy atom. The average Bonchev–Trinajstić information content (AvgIpc) is 2.37. The van der Waals surface area contributed by atoms with Crippen LogP contribution in [0.2, 0.25) is 0 Å². The molecule has 0 heterocycles. The minimum atomic E-state index is -0.304. The van der Waals surface area contributed by atoms with Crippen LogP contribution in [0.3, 0.4) is 0 Å². The molecule has 0 aliphatic heterocycles. The summed E-state index contributed by atoms with van der Waals surface area (Å²) < 4.78 is 0. The van der Waals surface area contributed by atoms with Gasteiger partial charge in [0, 0.05) is 6.42 Å². The highest BCUT2D eigenvalue weighted by Gasteiger charge is 2.09. The molecule has 0 unspecified atom stereocenters. The van der Waals surface area contributed by atoms with Crippen LogP contribution >= 0.6 is 0 Å². The number of allylic oxidation sites excluding steroid dienone is 2. The third kappa shape index (κ3) is 7.41. The molecule has 0 spiro atoms. The molecule has 1 aliphatic rings. The van der Waals surface area contributed by atoms with Crippen LogP contribution in [0.25, 0.3) is 0 Å². The zero-order valence-electron chi connectivity index (χ0n) is 11.5. The first kappa shape index (κ1) is 15.1. The van der Waals surface area contributed by atoms with E-state index in [9.17, 15) is 9.59 Å². The second kappa shape index (κ2) is 10.0. The average molecular weight is 250 g/mol. The molecule has 1 aliphatic carbocycles. The van der Waals surface area contributed by atoms with Crippen molar-refractivity contribution in [3.63, 3.8) is 0 Å². The highest BCUT2D eigenvalue weighted by Crippen LogP contribution is 2.12. The highest BCUT2D eigenvalue weighted by atomic mass is 16.2. The standard InChI is InChI=1S/C16H26O2/c17-15-13-11-9-7-5-3-1-2-4-6-8-10-12-14-16(15)18/h11,13H,1-10,12,14H2. The molecular formula is C16H26O2. The molecule has 1 rings (SSSR count). The normalized spacial score (nSPS) is 22.0. The minimum absolute atomic E-state index is 0.210. The van der Waals surface area contributed by atoms with Gasteiger partial charge in [0.15, 0.2) is 0 Å². The zero-order valence-corrected chi connectivity index (χ0v) is 11.5. The zero-order chi connectivity index (χ0) is 13.1. The lowest BCUT2D eigenvalue weighted by atomic mass is 10.0. The molecule has 18 heavy (non-hydrogen) atoms. The molecule has 0 radical (unpaired) electrons. The fourth-order valence-electron chi connectivity index (χ4n) is 2.37. The minimum Gasteiger partial charge on any atom is -0.291 e. The molecule has 0 aromatic heterocycles. The van der Waals surface area contributed by atoms with Crippen molar-refractivity contribution in [3.05, 3.63) is 12.2 Å². The Bertz CT molecular complexity index is 279. The molecule has 0 atom stereocenters. The molecule has 0 aromatic carbocycles. The van der Waals surface area contributed by atoms with E-state index >= 15 is 0 Å². The van der Waals surface area contributed by atoms with Gasteiger partial charge in [-0.25, -0.2) is 0 Å². The summed E-state index contributed by atoms with van der Waals surface area (Å²) in [4.78, 5) is 23.0. The molecule has 2 nitrogen and oxygen atoms in total. The van der Waals surface area contributed by atoms with E-state index in [1.165, 1.54) is 51.0 Å². The summed E-state index contributed by atoms with van der Waals surface area (Å²) in [5.41, 5.74) is 0. The second-order valence-electron chi connectivity index (χ2n) is 5.26. The Labute approximate surface area is 111 Å². The van der Waals surface area contributed by atoms with Gasteiger partial charge in [0.25, 0.3) is 0 Å². The Morgan fingerprint density at radius 3 is 1.78 bits per heavy atom. The van der Waals surface area contributed by atoms with Gasteiger partial charge in [0.1, 0.15) is 0 Å². The third-order valence-electron chi connectivity index (χ3n) is 3.57. The van der Waals surface area contributed by atoms with Crippen LogP contribution in [0.5, 0.6) is 0 Å². The lowest BCUT2D eigenvalue weighted by Crippen LogP contribution is -2.10. The summed E-state index contributed by atoms with van der Waals surface area (Å²) in [6.45, 7) is 0. The predicted molar refractivity (Wildman–Crippen MR) is 74.6 cm³/mol. The third-order valence-corrected chi connectivity index (χ3v) is 3.57. The van der Waals surface area contributed by atoms with Crippen LogP contribution in [0.1, 0.15) is 77.0 Å². The number of hydrogen-bond acceptors (Lipinski definition) is 2. The summed E-state index contributed by atoms with van der Waals surface area (Å²) in [5, 5.41) is 0. The fraction of sp³-hybridized carbons (Fsp3) is 0.750. The molecule has 0 fully saturated rings. The van der Waals surface area contributed by atoms with Crippen molar-refractivity contribution < 1.29 is 9.59 Å². The lowest BCUT2D eigenvalue weighted by molar-refractivity contribution is -0.133. The maximum Gasteiger partial charge on any atom is 0.221 e. The van der Waals surface area contributed by atoms with Gasteiger partial charge in [-0.05, 0) is 25.3 Å². The van der Waals surface area contributed by atoms with E-state index in [1.54, 1.807) is 0 Å². The first-order valence-corrected chi connectivity index (χ1v) is 7.54. The Kier molecular flexibility index (Phi) is 8.45. The van der Waals surface area contributed by atoms with Gasteiger partial charge in [-0.3, -0.25) is 9.59 Å². The molecule has 0 bridgehead atoms. The first-order valence-electron chi connectivity index (χ1n) is 7.54. The Morgan fingerprint density at radius 1 is 0.667 bits per heavy atom. The number of carbonyl (C=O) groups is 2. The van der Waals surface area contributed by atoms with Gasteiger partial charge in [0.05, 0.1) is 0 Å². The Hall–Kier alpha value is -0.920. The van der Waals surface area contributed by atoms with Crippen LogP contribution < -0.4 is 0 Å². The van der Waals surface area contributed by atoms with Gasteiger partial charge in [-0.15, -0.1) is 0 Å². The summed E-state index contributed by atoms with van der Waals surface area (Å²) in [6, 6.07) is 0. The van der Waals surface area contributed by atoms with Crippen molar-refractivity contribution in [2.45, 2.75) is 77.0 Å². The molecule has 2 heteroatoms. The molecule has 0 N–H and O–H groups in total. The van der Waals surface area contributed by atoms with E-state index < -0.39 is 0 Å². The quantitative estimate of drug-likeness (QED) is 0.598. The molecular weight excluding hydrogens is 224 g/mol. The Balaban J connectivity index is 2.33. The van der Waals surface area contributed by atoms with Gasteiger partial charge in [0.2, 0.25) is 11.6 Å². The van der Waals surface area contributed by atoms with Gasteiger partial charge >= 0.3 is 0 Å². The van der Waals surface area contributed by atoms with Crippen LogP contribution in [-0.2, 0) is 9.59 Å². The SMILES string of the molecule is O=C1C=CCCCCCCCCCCCCC1=O. The molecule has 0 saturated heterocycles. The second-order valence-corrected chi connectivity index (χ2v) is 5.26. The molecule has 0 aromatic rings. The summed E-state index contributed by atoms with van der Waals surface area (Å²) >= 11 is 0. The van der Waals surface area contributed by atoms with E-state index in [0.29, 0.717) is 6.42 Å². The highest BCUT2D eigenvalue weighted by molar-refractivity contribution is 6.41. The van der Waals surface area contributed by atoms with Crippen molar-refractivity contribution in [2.75, 3.05) is 0 Å². The number of carbonyl (C=O) groups excluding carboxylic acids is 2. The van der Waals surface area contributed by atoms with Gasteiger partial charge in [-0.2, -0.15) is 0 Å². The van der Waals surface area contributed by atoms with Crippen molar-refractivity contribution in [1.29, 1.82) is 0 Å². The maximum absolute atomic E-state index is 11.5. The van der Waals surface area contributed by atoms with E-state index in [2.05, 4.69) is 0 Å². The smallest absolute Gasteiger partial charge is 0.221 e. The predicted octanol–water partition coefficient (Wildman–Crippen LogP) is 4.38. The summed E-state index contributed by atoms with van der Waals surface area (Å²) in [5.74, 6) is -0.513. The monoisotopic (exact) mass is 250 g/mol. The fourth-order valence-corrected chi connectivity index (χ4v) is 2.37. The van der Waals surface area contributed by atoms with Crippen LogP contribution in [0, 0.1) is 0 Å². The van der Waals surface area contributed by atoms with Gasteiger partial charge in [-0.1, -0.05) is 57.4 Å². The van der Waals surface area contributed by atoms with Crippen LogP contribution in [0.4, 0.5) is 0 Å². The van der Waals surface area contributed by atoms with Crippen molar-refractivity contribution in [1.82, 2.24) is 0 Å². The van der Waals surface area contributed by atoms with E-state index in [1.807, 2.05) is 6.08 Å². The van der Waals surface area contributed by atoms with Crippen LogP contribution in [-0.4, -0.2) is 11.6 Å². The molecule has 0 amide bonds. The maximum atomic E-state index is 11.5. The van der Waals surface area contributed by atoms with Crippen molar-refractivity contribution in [2.24, 2.45) is 0 Å².